The number of carbonyl (C=O) groups excluding carboxylic acids is 2. The van der Waals surface area contributed by atoms with Crippen LogP contribution in [0.2, 0.25) is 0 Å². The number of carbonyl (C=O) groups is 2. The smallest absolute Gasteiger partial charge is 0.187 e. The maximum atomic E-state index is 12.1. The molecule has 0 aliphatic rings. The molecule has 2 aromatic heterocycles. The quantitative estimate of drug-likeness (QED) is 0.684. The number of ketones is 1. The molecule has 0 radical (unpaired) electrons. The number of H-pyrrole nitrogens is 1. The van der Waals surface area contributed by atoms with Crippen LogP contribution in [0.25, 0.3) is 6.08 Å². The molecule has 0 saturated heterocycles. The van der Waals surface area contributed by atoms with Crippen molar-refractivity contribution in [3.63, 3.8) is 0 Å². The van der Waals surface area contributed by atoms with Crippen molar-refractivity contribution in [1.29, 1.82) is 0 Å². The van der Waals surface area contributed by atoms with Gasteiger partial charge in [-0.3, -0.25) is 4.79 Å². The molecule has 0 saturated carbocycles. The van der Waals surface area contributed by atoms with Crippen LogP contribution in [-0.2, 0) is 0 Å². The summed E-state index contributed by atoms with van der Waals surface area (Å²) >= 11 is 1.53. The van der Waals surface area contributed by atoms with Crippen molar-refractivity contribution in [3.8, 4) is 0 Å². The lowest BCUT2D eigenvalue weighted by molar-refractivity contribution is -0.255. The van der Waals surface area contributed by atoms with Gasteiger partial charge in [0.15, 0.2) is 5.78 Å². The van der Waals surface area contributed by atoms with Crippen LogP contribution in [0.4, 0.5) is 0 Å². The number of thiophene rings is 1. The van der Waals surface area contributed by atoms with E-state index in [4.69, 9.17) is 0 Å². The Morgan fingerprint density at radius 3 is 2.63 bits per heavy atom. The minimum Gasteiger partial charge on any atom is -0.543 e. The molecular formula is C14H12NO3S-. The van der Waals surface area contributed by atoms with Gasteiger partial charge < -0.3 is 14.9 Å². The summed E-state index contributed by atoms with van der Waals surface area (Å²) in [6.45, 7) is 3.27. The van der Waals surface area contributed by atoms with Gasteiger partial charge in [0.2, 0.25) is 0 Å². The van der Waals surface area contributed by atoms with Crippen LogP contribution in [0.5, 0.6) is 0 Å². The Balaban J connectivity index is 2.32. The highest BCUT2D eigenvalue weighted by molar-refractivity contribution is 7.10. The van der Waals surface area contributed by atoms with Gasteiger partial charge in [-0.2, -0.15) is 0 Å². The number of carboxylic acids is 1. The summed E-state index contributed by atoms with van der Waals surface area (Å²) < 4.78 is 0. The molecule has 2 aromatic rings. The van der Waals surface area contributed by atoms with Crippen molar-refractivity contribution in [2.45, 2.75) is 13.8 Å². The van der Waals surface area contributed by atoms with E-state index in [0.717, 1.165) is 4.88 Å². The van der Waals surface area contributed by atoms with Gasteiger partial charge in [0, 0.05) is 16.1 Å². The van der Waals surface area contributed by atoms with Gasteiger partial charge in [0.1, 0.15) is 0 Å². The first kappa shape index (κ1) is 13.3. The van der Waals surface area contributed by atoms with Gasteiger partial charge in [-0.15, -0.1) is 11.3 Å². The maximum absolute atomic E-state index is 12.1. The number of aromatic amines is 1. The first-order valence-electron chi connectivity index (χ1n) is 5.67. The predicted octanol–water partition coefficient (Wildman–Crippen LogP) is 1.95. The highest BCUT2D eigenvalue weighted by Crippen LogP contribution is 2.19. The molecule has 0 aromatic carbocycles. The molecule has 4 nitrogen and oxygen atoms in total. The summed E-state index contributed by atoms with van der Waals surface area (Å²) in [5.74, 6) is -1.52. The van der Waals surface area contributed by atoms with E-state index < -0.39 is 5.97 Å². The summed E-state index contributed by atoms with van der Waals surface area (Å²) in [6, 6.07) is 3.80. The summed E-state index contributed by atoms with van der Waals surface area (Å²) in [5.41, 5.74) is 1.31. The number of allylic oxidation sites excluding steroid dienone is 1. The van der Waals surface area contributed by atoms with Crippen LogP contribution in [-0.4, -0.2) is 16.7 Å². The first-order valence-corrected chi connectivity index (χ1v) is 6.55. The lowest BCUT2D eigenvalue weighted by Gasteiger charge is -2.00. The fraction of sp³-hybridized carbons (Fsp3) is 0.143. The third-order valence-electron chi connectivity index (χ3n) is 2.83. The van der Waals surface area contributed by atoms with Gasteiger partial charge in [-0.25, -0.2) is 0 Å². The van der Waals surface area contributed by atoms with Crippen LogP contribution in [0.3, 0.4) is 0 Å². The van der Waals surface area contributed by atoms with E-state index >= 15 is 0 Å². The number of aromatic nitrogens is 1. The van der Waals surface area contributed by atoms with Gasteiger partial charge in [-0.05, 0) is 43.0 Å². The molecule has 0 unspecified atom stereocenters. The van der Waals surface area contributed by atoms with E-state index in [9.17, 15) is 14.7 Å². The Bertz CT molecular complexity index is 651. The fourth-order valence-corrected chi connectivity index (χ4v) is 2.57. The van der Waals surface area contributed by atoms with E-state index in [1.807, 2.05) is 17.5 Å². The van der Waals surface area contributed by atoms with E-state index in [0.29, 0.717) is 16.8 Å². The zero-order valence-electron chi connectivity index (χ0n) is 10.5. The number of aromatic carboxylic acids is 1. The SMILES string of the molecule is Cc1[nH]c(C(=O)[O-])c(C)c1C(=O)/C=C/c1cccs1. The number of hydrogen-bond acceptors (Lipinski definition) is 4. The molecule has 5 heteroatoms. The lowest BCUT2D eigenvalue weighted by atomic mass is 10.1. The molecule has 0 amide bonds. The van der Waals surface area contributed by atoms with Crippen molar-refractivity contribution in [2.75, 3.05) is 0 Å². The van der Waals surface area contributed by atoms with Crippen molar-refractivity contribution in [1.82, 2.24) is 4.98 Å². The predicted molar refractivity (Wildman–Crippen MR) is 72.3 cm³/mol. The minimum absolute atomic E-state index is 0.0367. The molecule has 0 fully saturated rings. The average Bonchev–Trinajstić information content (AvgIpc) is 2.94. The molecule has 0 aliphatic heterocycles. The number of rotatable bonds is 4. The molecular weight excluding hydrogens is 262 g/mol. The Morgan fingerprint density at radius 2 is 2.11 bits per heavy atom. The Hall–Kier alpha value is -2.14. The van der Waals surface area contributed by atoms with Crippen molar-refractivity contribution < 1.29 is 14.7 Å². The van der Waals surface area contributed by atoms with Gasteiger partial charge in [0.25, 0.3) is 0 Å². The molecule has 1 N–H and O–H groups in total. The normalized spacial score (nSPS) is 11.1. The Kier molecular flexibility index (Phi) is 3.66. The summed E-state index contributed by atoms with van der Waals surface area (Å²) in [5, 5.41) is 12.8. The van der Waals surface area contributed by atoms with Crippen molar-refractivity contribution in [2.24, 2.45) is 0 Å². The highest BCUT2D eigenvalue weighted by atomic mass is 32.1. The lowest BCUT2D eigenvalue weighted by Crippen LogP contribution is -2.23. The summed E-state index contributed by atoms with van der Waals surface area (Å²) in [6.07, 6.45) is 3.17. The van der Waals surface area contributed by atoms with Gasteiger partial charge >= 0.3 is 0 Å². The minimum atomic E-state index is -1.30. The number of hydrogen-bond donors (Lipinski definition) is 1. The van der Waals surface area contributed by atoms with Crippen LogP contribution in [0.15, 0.2) is 23.6 Å². The third kappa shape index (κ3) is 2.66. The van der Waals surface area contributed by atoms with Gasteiger partial charge in [-0.1, -0.05) is 6.07 Å². The molecule has 0 bridgehead atoms. The van der Waals surface area contributed by atoms with E-state index in [1.165, 1.54) is 17.4 Å². The molecule has 19 heavy (non-hydrogen) atoms. The second-order valence-corrected chi connectivity index (χ2v) is 5.10. The average molecular weight is 274 g/mol. The molecule has 2 heterocycles. The molecule has 0 aliphatic carbocycles. The third-order valence-corrected chi connectivity index (χ3v) is 3.67. The van der Waals surface area contributed by atoms with Crippen LogP contribution in [0, 0.1) is 13.8 Å². The summed E-state index contributed by atoms with van der Waals surface area (Å²) in [7, 11) is 0. The second kappa shape index (κ2) is 5.24. The van der Waals surface area contributed by atoms with E-state index in [1.54, 1.807) is 19.9 Å². The molecule has 0 atom stereocenters. The van der Waals surface area contributed by atoms with Crippen LogP contribution in [0.1, 0.15) is 37.0 Å². The van der Waals surface area contributed by atoms with Crippen LogP contribution >= 0.6 is 11.3 Å². The molecule has 98 valence electrons. The monoisotopic (exact) mass is 274 g/mol. The molecule has 2 rings (SSSR count). The number of aryl methyl sites for hydroxylation is 1. The maximum Gasteiger partial charge on any atom is 0.187 e. The molecule has 0 spiro atoms. The Labute approximate surface area is 114 Å². The number of carboxylic acid groups (broad SMARTS) is 1. The standard InChI is InChI=1S/C14H13NO3S/c1-8-12(9(2)15-13(8)14(17)18)11(16)6-5-10-4-3-7-19-10/h3-7,15H,1-2H3,(H,17,18)/p-1/b6-5+. The number of nitrogens with one attached hydrogen (secondary N) is 1. The Morgan fingerprint density at radius 1 is 1.37 bits per heavy atom. The first-order chi connectivity index (χ1) is 9.00. The largest absolute Gasteiger partial charge is 0.543 e. The van der Waals surface area contributed by atoms with Gasteiger partial charge in [0.05, 0.1) is 11.7 Å². The topological polar surface area (TPSA) is 73.0 Å². The van der Waals surface area contributed by atoms with Crippen LogP contribution < -0.4 is 5.11 Å². The van der Waals surface area contributed by atoms with E-state index in [-0.39, 0.29) is 11.5 Å². The highest BCUT2D eigenvalue weighted by Gasteiger charge is 2.16. The zero-order valence-corrected chi connectivity index (χ0v) is 11.3. The van der Waals surface area contributed by atoms with Crippen molar-refractivity contribution in [3.05, 3.63) is 51.0 Å². The van der Waals surface area contributed by atoms with Crippen molar-refractivity contribution >= 4 is 29.2 Å². The zero-order chi connectivity index (χ0) is 14.0. The van der Waals surface area contributed by atoms with E-state index in [2.05, 4.69) is 4.98 Å². The summed E-state index contributed by atoms with van der Waals surface area (Å²) in [4.78, 5) is 26.6. The second-order valence-electron chi connectivity index (χ2n) is 4.13. The fourth-order valence-electron chi connectivity index (χ4n) is 1.95.